The Kier molecular flexibility index (Phi) is 5.63. The van der Waals surface area contributed by atoms with Crippen LogP contribution in [0.3, 0.4) is 0 Å². The molecule has 1 aliphatic rings. The molecule has 0 unspecified atom stereocenters. The van der Waals surface area contributed by atoms with Gasteiger partial charge in [-0.3, -0.25) is 14.0 Å². The molecule has 0 fully saturated rings. The zero-order valence-corrected chi connectivity index (χ0v) is 19.5. The Hall–Kier alpha value is -2.68. The molecule has 10 heteroatoms. The fourth-order valence-electron chi connectivity index (χ4n) is 3.53. The molecule has 0 radical (unpaired) electrons. The molecule has 0 saturated carbocycles. The normalized spacial score (nSPS) is 16.3. The monoisotopic (exact) mass is 476 g/mol. The molecule has 0 bridgehead atoms. The molecule has 1 aromatic carbocycles. The molecular formula is C21H18Cl2N4O3S. The minimum atomic E-state index is -0.694. The molecule has 1 atom stereocenters. The zero-order chi connectivity index (χ0) is 22.4. The van der Waals surface area contributed by atoms with E-state index in [1.165, 1.54) is 23.0 Å². The Morgan fingerprint density at radius 2 is 2.03 bits per heavy atom. The predicted octanol–water partition coefficient (Wildman–Crippen LogP) is 2.76. The van der Waals surface area contributed by atoms with E-state index in [2.05, 4.69) is 10.1 Å². The van der Waals surface area contributed by atoms with Crippen molar-refractivity contribution >= 4 is 46.6 Å². The summed E-state index contributed by atoms with van der Waals surface area (Å²) in [5.74, 6) is -0.537. The molecule has 3 aromatic rings. The molecule has 0 saturated heterocycles. The highest BCUT2D eigenvalue weighted by Crippen LogP contribution is 2.32. The predicted molar refractivity (Wildman–Crippen MR) is 120 cm³/mol. The Balaban J connectivity index is 2.01. The highest BCUT2D eigenvalue weighted by atomic mass is 35.5. The van der Waals surface area contributed by atoms with E-state index >= 15 is 0 Å². The van der Waals surface area contributed by atoms with E-state index in [-0.39, 0.29) is 5.56 Å². The maximum Gasteiger partial charge on any atom is 0.338 e. The van der Waals surface area contributed by atoms with Gasteiger partial charge < -0.3 is 4.74 Å². The lowest BCUT2D eigenvalue weighted by Gasteiger charge is -2.23. The van der Waals surface area contributed by atoms with Gasteiger partial charge in [0.05, 0.1) is 29.1 Å². The smallest absolute Gasteiger partial charge is 0.338 e. The first-order valence-electron chi connectivity index (χ1n) is 9.27. The van der Waals surface area contributed by atoms with Crippen LogP contribution in [0.2, 0.25) is 10.0 Å². The van der Waals surface area contributed by atoms with Crippen molar-refractivity contribution in [2.75, 3.05) is 7.11 Å². The van der Waals surface area contributed by atoms with E-state index in [0.717, 1.165) is 11.3 Å². The van der Waals surface area contributed by atoms with Gasteiger partial charge >= 0.3 is 5.97 Å². The van der Waals surface area contributed by atoms with Crippen LogP contribution in [0.4, 0.5) is 0 Å². The summed E-state index contributed by atoms with van der Waals surface area (Å²) in [4.78, 5) is 31.1. The van der Waals surface area contributed by atoms with Crippen LogP contribution < -0.4 is 14.9 Å². The summed E-state index contributed by atoms with van der Waals surface area (Å²) in [6.45, 7) is 3.62. The van der Waals surface area contributed by atoms with Gasteiger partial charge in [0.2, 0.25) is 0 Å². The maximum atomic E-state index is 13.5. The number of rotatable bonds is 3. The summed E-state index contributed by atoms with van der Waals surface area (Å²) < 4.78 is 8.66. The summed E-state index contributed by atoms with van der Waals surface area (Å²) >= 11 is 13.5. The largest absolute Gasteiger partial charge is 0.466 e. The fourth-order valence-corrected chi connectivity index (χ4v) is 5.03. The van der Waals surface area contributed by atoms with Crippen molar-refractivity contribution in [2.24, 2.45) is 12.0 Å². The number of nitrogens with zero attached hydrogens (tertiary/aromatic N) is 4. The van der Waals surface area contributed by atoms with Crippen molar-refractivity contribution < 1.29 is 9.53 Å². The van der Waals surface area contributed by atoms with E-state index in [9.17, 15) is 9.59 Å². The molecule has 0 spiro atoms. The molecule has 1 aliphatic heterocycles. The Bertz CT molecular complexity index is 1430. The third-order valence-electron chi connectivity index (χ3n) is 5.24. The van der Waals surface area contributed by atoms with Crippen LogP contribution in [-0.2, 0) is 16.6 Å². The van der Waals surface area contributed by atoms with Gasteiger partial charge in [-0.2, -0.15) is 5.10 Å². The second-order valence-electron chi connectivity index (χ2n) is 7.05. The molecule has 31 heavy (non-hydrogen) atoms. The average Bonchev–Trinajstić information content (AvgIpc) is 3.21. The third-order valence-corrected chi connectivity index (χ3v) is 6.79. The SMILES string of the molecule is COC(=O)C1=C(C)N=c2s/c(=C/c3ccc(Cl)cc3Cl)c(=O)n2[C@@H]1c1cnn(C)c1C. The first-order chi connectivity index (χ1) is 14.7. The van der Waals surface area contributed by atoms with Crippen molar-refractivity contribution in [3.63, 3.8) is 0 Å². The van der Waals surface area contributed by atoms with Gasteiger partial charge in [0.25, 0.3) is 5.56 Å². The minimum absolute atomic E-state index is 0.281. The van der Waals surface area contributed by atoms with Gasteiger partial charge in [0, 0.05) is 28.4 Å². The number of hydrogen-bond acceptors (Lipinski definition) is 6. The van der Waals surface area contributed by atoms with Crippen LogP contribution in [0, 0.1) is 6.92 Å². The molecule has 3 heterocycles. The first-order valence-corrected chi connectivity index (χ1v) is 10.8. The van der Waals surface area contributed by atoms with Crippen LogP contribution in [0.1, 0.15) is 29.8 Å². The quantitative estimate of drug-likeness (QED) is 0.544. The number of aromatic nitrogens is 3. The van der Waals surface area contributed by atoms with Gasteiger partial charge in [-0.25, -0.2) is 9.79 Å². The molecule has 0 N–H and O–H groups in total. The van der Waals surface area contributed by atoms with Gasteiger partial charge in [-0.15, -0.1) is 0 Å². The van der Waals surface area contributed by atoms with E-state index in [0.29, 0.717) is 36.2 Å². The summed E-state index contributed by atoms with van der Waals surface area (Å²) in [5, 5.41) is 5.24. The lowest BCUT2D eigenvalue weighted by atomic mass is 9.96. The zero-order valence-electron chi connectivity index (χ0n) is 17.1. The topological polar surface area (TPSA) is 78.5 Å². The molecule has 0 aliphatic carbocycles. The molecule has 0 amide bonds. The number of aryl methyl sites for hydroxylation is 1. The van der Waals surface area contributed by atoms with Gasteiger partial charge in [-0.05, 0) is 37.6 Å². The number of ether oxygens (including phenoxy) is 1. The summed E-state index contributed by atoms with van der Waals surface area (Å²) in [6, 6.07) is 4.38. The van der Waals surface area contributed by atoms with E-state index in [1.807, 2.05) is 6.92 Å². The number of halogens is 2. The number of esters is 1. The highest BCUT2D eigenvalue weighted by molar-refractivity contribution is 7.07. The number of carbonyl (C=O) groups excluding carboxylic acids is 1. The number of hydrogen-bond donors (Lipinski definition) is 0. The number of fused-ring (bicyclic) bond motifs is 1. The van der Waals surface area contributed by atoms with E-state index < -0.39 is 12.0 Å². The number of thiazole rings is 1. The van der Waals surface area contributed by atoms with Crippen LogP contribution in [0.25, 0.3) is 6.08 Å². The van der Waals surface area contributed by atoms with Crippen molar-refractivity contribution in [1.29, 1.82) is 0 Å². The molecule has 160 valence electrons. The summed E-state index contributed by atoms with van der Waals surface area (Å²) in [6.07, 6.45) is 3.36. The highest BCUT2D eigenvalue weighted by Gasteiger charge is 2.35. The lowest BCUT2D eigenvalue weighted by molar-refractivity contribution is -0.136. The Morgan fingerprint density at radius 1 is 1.29 bits per heavy atom. The summed E-state index contributed by atoms with van der Waals surface area (Å²) in [5.41, 5.74) is 2.75. The van der Waals surface area contributed by atoms with Gasteiger partial charge in [0.15, 0.2) is 4.80 Å². The third kappa shape index (κ3) is 3.64. The number of allylic oxidation sites excluding steroid dienone is 1. The van der Waals surface area contributed by atoms with Crippen LogP contribution in [0.5, 0.6) is 0 Å². The Morgan fingerprint density at radius 3 is 2.65 bits per heavy atom. The lowest BCUT2D eigenvalue weighted by Crippen LogP contribution is -2.40. The number of benzene rings is 1. The van der Waals surface area contributed by atoms with Crippen molar-refractivity contribution in [3.8, 4) is 0 Å². The van der Waals surface area contributed by atoms with E-state index in [1.54, 1.807) is 49.1 Å². The Labute approximate surface area is 191 Å². The molecule has 2 aromatic heterocycles. The fraction of sp³-hybridized carbons (Fsp3) is 0.238. The first kappa shape index (κ1) is 21.5. The number of carbonyl (C=O) groups is 1. The van der Waals surface area contributed by atoms with Crippen LogP contribution in [0.15, 0.2) is 45.5 Å². The minimum Gasteiger partial charge on any atom is -0.466 e. The second-order valence-corrected chi connectivity index (χ2v) is 8.90. The number of methoxy groups -OCH3 is 1. The average molecular weight is 477 g/mol. The second kappa shape index (κ2) is 8.11. The van der Waals surface area contributed by atoms with Crippen molar-refractivity contribution in [1.82, 2.24) is 14.3 Å². The van der Waals surface area contributed by atoms with Gasteiger partial charge in [0.1, 0.15) is 6.04 Å². The maximum absolute atomic E-state index is 13.5. The van der Waals surface area contributed by atoms with Crippen molar-refractivity contribution in [2.45, 2.75) is 19.9 Å². The summed E-state index contributed by atoms with van der Waals surface area (Å²) in [7, 11) is 3.11. The van der Waals surface area contributed by atoms with Crippen molar-refractivity contribution in [3.05, 3.63) is 82.2 Å². The molecule has 4 rings (SSSR count). The van der Waals surface area contributed by atoms with Gasteiger partial charge in [-0.1, -0.05) is 40.6 Å². The van der Waals surface area contributed by atoms with E-state index in [4.69, 9.17) is 27.9 Å². The molecular weight excluding hydrogens is 459 g/mol. The van der Waals surface area contributed by atoms with Crippen LogP contribution >= 0.6 is 34.5 Å². The standard InChI is InChI=1S/C21H18Cl2N4O3S/c1-10-17(20(29)30-4)18(14-9-24-26(3)11(14)2)27-19(28)16(31-21(27)25-10)7-12-5-6-13(22)8-15(12)23/h5-9,18H,1-4H3/b16-7+/t18-/m1/s1. The molecule has 7 nitrogen and oxygen atoms in total. The van der Waals surface area contributed by atoms with Crippen LogP contribution in [-0.4, -0.2) is 27.4 Å².